The zero-order chi connectivity index (χ0) is 15.3. The van der Waals surface area contributed by atoms with Gasteiger partial charge < -0.3 is 4.74 Å². The molecule has 0 spiro atoms. The van der Waals surface area contributed by atoms with Gasteiger partial charge in [0.2, 0.25) is 0 Å². The molecule has 2 nitrogen and oxygen atoms in total. The average Bonchev–Trinajstić information content (AvgIpc) is 2.55. The molecule has 2 heteroatoms. The van der Waals surface area contributed by atoms with Crippen molar-refractivity contribution in [3.8, 4) is 5.75 Å². The average molecular weight is 298 g/mol. The number of carbonyl (C=O) groups excluding carboxylic acids is 1. The topological polar surface area (TPSA) is 26.3 Å². The van der Waals surface area contributed by atoms with E-state index >= 15 is 0 Å². The lowest BCUT2D eigenvalue weighted by Crippen LogP contribution is -2.49. The quantitative estimate of drug-likeness (QED) is 0.762. The first-order valence-electron chi connectivity index (χ1n) is 8.83. The summed E-state index contributed by atoms with van der Waals surface area (Å²) < 4.78 is 5.45. The van der Waals surface area contributed by atoms with Crippen LogP contribution in [0.4, 0.5) is 0 Å². The number of benzene rings is 1. The van der Waals surface area contributed by atoms with Crippen molar-refractivity contribution in [3.05, 3.63) is 29.3 Å². The predicted molar refractivity (Wildman–Crippen MR) is 87.2 cm³/mol. The molecule has 0 heterocycles. The molecule has 2 saturated carbocycles. The molecule has 22 heavy (non-hydrogen) atoms. The highest BCUT2D eigenvalue weighted by Crippen LogP contribution is 2.58. The minimum Gasteiger partial charge on any atom is -0.497 e. The summed E-state index contributed by atoms with van der Waals surface area (Å²) in [6, 6.07) is 6.61. The van der Waals surface area contributed by atoms with Crippen LogP contribution in [0.1, 0.15) is 62.5 Å². The summed E-state index contributed by atoms with van der Waals surface area (Å²) in [5, 5.41) is 0. The van der Waals surface area contributed by atoms with Crippen molar-refractivity contribution in [2.24, 2.45) is 17.3 Å². The molecule has 3 aliphatic rings. The third-order valence-corrected chi connectivity index (χ3v) is 6.88. The number of Topliss-reactive ketones (excluding diaryl/α,β-unsaturated/α-hetero) is 1. The van der Waals surface area contributed by atoms with Gasteiger partial charge in [-0.25, -0.2) is 0 Å². The molecule has 1 aromatic carbocycles. The van der Waals surface area contributed by atoms with Crippen LogP contribution >= 0.6 is 0 Å². The largest absolute Gasteiger partial charge is 0.497 e. The van der Waals surface area contributed by atoms with Gasteiger partial charge in [0.05, 0.1) is 7.11 Å². The summed E-state index contributed by atoms with van der Waals surface area (Å²) >= 11 is 0. The fraction of sp³-hybridized carbons (Fsp3) is 0.650. The van der Waals surface area contributed by atoms with E-state index in [2.05, 4.69) is 25.1 Å². The summed E-state index contributed by atoms with van der Waals surface area (Å²) in [6.07, 6.45) is 7.85. The molecular formula is C20H26O2. The molecule has 3 aliphatic carbocycles. The number of rotatable bonds is 1. The second kappa shape index (κ2) is 5.11. The van der Waals surface area contributed by atoms with E-state index in [0.29, 0.717) is 23.5 Å². The van der Waals surface area contributed by atoms with Gasteiger partial charge in [-0.3, -0.25) is 4.79 Å². The van der Waals surface area contributed by atoms with Gasteiger partial charge in [0, 0.05) is 11.8 Å². The number of ether oxygens (including phenoxy) is 1. The Labute approximate surface area is 133 Å². The summed E-state index contributed by atoms with van der Waals surface area (Å²) in [5.74, 6) is 3.46. The molecule has 0 saturated heterocycles. The van der Waals surface area contributed by atoms with Crippen molar-refractivity contribution in [1.82, 2.24) is 0 Å². The first kappa shape index (κ1) is 14.3. The molecule has 1 aromatic rings. The minimum atomic E-state index is -0.0320. The molecule has 0 N–H and O–H groups in total. The van der Waals surface area contributed by atoms with Crippen molar-refractivity contribution in [3.63, 3.8) is 0 Å². The van der Waals surface area contributed by atoms with Crippen LogP contribution in [0.25, 0.3) is 0 Å². The first-order chi connectivity index (χ1) is 10.6. The van der Waals surface area contributed by atoms with Gasteiger partial charge in [-0.15, -0.1) is 0 Å². The van der Waals surface area contributed by atoms with Crippen LogP contribution in [-0.2, 0) is 11.2 Å². The van der Waals surface area contributed by atoms with E-state index < -0.39 is 0 Å². The summed E-state index contributed by atoms with van der Waals surface area (Å²) in [6.45, 7) is 2.26. The maximum absolute atomic E-state index is 12.6. The molecule has 0 aromatic heterocycles. The van der Waals surface area contributed by atoms with Crippen LogP contribution in [-0.4, -0.2) is 12.9 Å². The Bertz CT molecular complexity index is 606. The smallest absolute Gasteiger partial charge is 0.139 e. The van der Waals surface area contributed by atoms with Crippen molar-refractivity contribution in [2.45, 2.75) is 57.8 Å². The van der Waals surface area contributed by atoms with E-state index in [1.165, 1.54) is 36.8 Å². The van der Waals surface area contributed by atoms with Crippen LogP contribution in [0, 0.1) is 17.3 Å². The van der Waals surface area contributed by atoms with E-state index in [0.717, 1.165) is 25.0 Å². The van der Waals surface area contributed by atoms with Crippen LogP contribution in [0.2, 0.25) is 0 Å². The van der Waals surface area contributed by atoms with E-state index in [9.17, 15) is 4.79 Å². The highest BCUT2D eigenvalue weighted by molar-refractivity contribution is 5.85. The van der Waals surface area contributed by atoms with Crippen molar-refractivity contribution in [1.29, 1.82) is 0 Å². The van der Waals surface area contributed by atoms with Gasteiger partial charge in [-0.1, -0.05) is 13.0 Å². The molecule has 0 bridgehead atoms. The number of ketones is 1. The molecule has 0 aliphatic heterocycles. The monoisotopic (exact) mass is 298 g/mol. The zero-order valence-electron chi connectivity index (χ0n) is 13.7. The Morgan fingerprint density at radius 3 is 2.86 bits per heavy atom. The van der Waals surface area contributed by atoms with E-state index in [4.69, 9.17) is 4.74 Å². The number of hydrogen-bond donors (Lipinski definition) is 0. The fourth-order valence-corrected chi connectivity index (χ4v) is 5.64. The summed E-state index contributed by atoms with van der Waals surface area (Å²) in [5.41, 5.74) is 2.99. The standard InChI is InChI=1S/C20H26O2/c1-20-11-10-15-16(18(20)4-3-5-19(20)21)9-7-13-6-8-14(22-2)12-17(13)15/h6,8,12,15-16,18H,3-5,7,9-11H2,1-2H3/t15-,16+,18-,20-/m0/s1. The minimum absolute atomic E-state index is 0.0320. The number of methoxy groups -OCH3 is 1. The zero-order valence-corrected chi connectivity index (χ0v) is 13.7. The third-order valence-electron chi connectivity index (χ3n) is 6.88. The number of carbonyl (C=O) groups is 1. The van der Waals surface area contributed by atoms with Gasteiger partial charge >= 0.3 is 0 Å². The normalized spacial score (nSPS) is 37.0. The Kier molecular flexibility index (Phi) is 3.32. The molecular weight excluding hydrogens is 272 g/mol. The predicted octanol–water partition coefficient (Wildman–Crippen LogP) is 4.51. The molecule has 0 amide bonds. The van der Waals surface area contributed by atoms with E-state index in [1.54, 1.807) is 7.11 Å². The Morgan fingerprint density at radius 1 is 1.18 bits per heavy atom. The van der Waals surface area contributed by atoms with Crippen LogP contribution in [0.15, 0.2) is 18.2 Å². The molecule has 0 unspecified atom stereocenters. The molecule has 0 radical (unpaired) electrons. The number of fused-ring (bicyclic) bond motifs is 5. The Morgan fingerprint density at radius 2 is 2.05 bits per heavy atom. The van der Waals surface area contributed by atoms with E-state index in [-0.39, 0.29) is 5.41 Å². The highest BCUT2D eigenvalue weighted by Gasteiger charge is 2.52. The Hall–Kier alpha value is -1.31. The second-order valence-corrected chi connectivity index (χ2v) is 7.75. The lowest BCUT2D eigenvalue weighted by molar-refractivity contribution is -0.140. The third kappa shape index (κ3) is 1.96. The highest BCUT2D eigenvalue weighted by atomic mass is 16.5. The summed E-state index contributed by atoms with van der Waals surface area (Å²) in [4.78, 5) is 12.6. The van der Waals surface area contributed by atoms with Crippen LogP contribution in [0.3, 0.4) is 0 Å². The Balaban J connectivity index is 1.71. The lowest BCUT2D eigenvalue weighted by Gasteiger charge is -2.53. The lowest BCUT2D eigenvalue weighted by atomic mass is 9.50. The molecule has 118 valence electrons. The second-order valence-electron chi connectivity index (χ2n) is 7.75. The van der Waals surface area contributed by atoms with Crippen molar-refractivity contribution in [2.75, 3.05) is 7.11 Å². The van der Waals surface area contributed by atoms with Crippen LogP contribution in [0.5, 0.6) is 5.75 Å². The van der Waals surface area contributed by atoms with Crippen molar-refractivity contribution < 1.29 is 9.53 Å². The molecule has 2 fully saturated rings. The van der Waals surface area contributed by atoms with E-state index in [1.807, 2.05) is 0 Å². The summed E-state index contributed by atoms with van der Waals surface area (Å²) in [7, 11) is 1.75. The molecule has 4 rings (SSSR count). The van der Waals surface area contributed by atoms with Crippen LogP contribution < -0.4 is 4.74 Å². The first-order valence-corrected chi connectivity index (χ1v) is 8.83. The SMILES string of the molecule is COc1ccc2c(c1)[C@H]1CC[C@]3(C)C(=O)CCC[C@H]3[C@@H]1CC2. The van der Waals surface area contributed by atoms with Crippen molar-refractivity contribution >= 4 is 5.78 Å². The fourth-order valence-electron chi connectivity index (χ4n) is 5.64. The number of aryl methyl sites for hydroxylation is 1. The van der Waals surface area contributed by atoms with Gasteiger partial charge in [0.25, 0.3) is 0 Å². The van der Waals surface area contributed by atoms with Gasteiger partial charge in [-0.2, -0.15) is 0 Å². The maximum Gasteiger partial charge on any atom is 0.139 e. The maximum atomic E-state index is 12.6. The number of hydrogen-bond acceptors (Lipinski definition) is 2. The van der Waals surface area contributed by atoms with Gasteiger partial charge in [-0.05, 0) is 79.5 Å². The molecule has 4 atom stereocenters. The van der Waals surface area contributed by atoms with Gasteiger partial charge in [0.1, 0.15) is 11.5 Å². The van der Waals surface area contributed by atoms with Gasteiger partial charge in [0.15, 0.2) is 0 Å².